The van der Waals surface area contributed by atoms with Crippen LogP contribution in [0.5, 0.6) is 5.75 Å². The van der Waals surface area contributed by atoms with E-state index in [2.05, 4.69) is 21.1 Å². The molecule has 1 aliphatic rings. The van der Waals surface area contributed by atoms with E-state index >= 15 is 0 Å². The summed E-state index contributed by atoms with van der Waals surface area (Å²) in [6.07, 6.45) is 0. The Morgan fingerprint density at radius 2 is 1.84 bits per heavy atom. The first-order valence-electron chi connectivity index (χ1n) is 9.68. The number of carbonyl (C=O) groups is 1. The van der Waals surface area contributed by atoms with Crippen LogP contribution < -0.4 is 9.04 Å². The van der Waals surface area contributed by atoms with E-state index in [9.17, 15) is 13.2 Å². The van der Waals surface area contributed by atoms with Gasteiger partial charge >= 0.3 is 0 Å². The fraction of sp³-hybridized carbons (Fsp3) is 0.130. The topological polar surface area (TPSA) is 89.7 Å². The van der Waals surface area contributed by atoms with Crippen molar-refractivity contribution in [2.45, 2.75) is 18.7 Å². The quantitative estimate of drug-likeness (QED) is 0.371. The number of anilines is 1. The number of halogens is 1. The molecule has 162 valence electrons. The molecule has 0 atom stereocenters. The molecule has 0 radical (unpaired) electrons. The first kappa shape index (κ1) is 20.7. The number of hydrogen-bond donors (Lipinski definition) is 0. The Kier molecular flexibility index (Phi) is 4.65. The summed E-state index contributed by atoms with van der Waals surface area (Å²) in [6.45, 7) is 3.66. The van der Waals surface area contributed by atoms with Gasteiger partial charge in [0, 0.05) is 15.4 Å². The first-order chi connectivity index (χ1) is 15.3. The summed E-state index contributed by atoms with van der Waals surface area (Å²) in [6, 6.07) is 13.4. The fourth-order valence-electron chi connectivity index (χ4n) is 4.23. The smallest absolute Gasteiger partial charge is 0.274 e. The van der Waals surface area contributed by atoms with E-state index in [4.69, 9.17) is 9.26 Å². The standard InChI is InChI=1S/C23H17BrN2O5S/c1-12-21(13(2)31-25-12)16-8-9-18-22-15(16)5-4-6-17(22)23(27)26(18)32(28,29)20-11-14(24)7-10-19(20)30-3/h4-11H,1-3H3. The van der Waals surface area contributed by atoms with Crippen molar-refractivity contribution < 1.29 is 22.5 Å². The minimum absolute atomic E-state index is 0.0986. The van der Waals surface area contributed by atoms with Crippen molar-refractivity contribution in [2.24, 2.45) is 0 Å². The van der Waals surface area contributed by atoms with Gasteiger partial charge in [-0.25, -0.2) is 8.42 Å². The van der Waals surface area contributed by atoms with Crippen molar-refractivity contribution in [1.29, 1.82) is 0 Å². The lowest BCUT2D eigenvalue weighted by atomic mass is 9.95. The normalized spacial score (nSPS) is 13.2. The molecule has 7 nitrogen and oxygen atoms in total. The Morgan fingerprint density at radius 1 is 1.06 bits per heavy atom. The number of carbonyl (C=O) groups excluding carboxylic acids is 1. The van der Waals surface area contributed by atoms with Gasteiger partial charge in [0.05, 0.1) is 24.1 Å². The van der Waals surface area contributed by atoms with Gasteiger partial charge in [-0.05, 0) is 55.1 Å². The highest BCUT2D eigenvalue weighted by molar-refractivity contribution is 9.10. The predicted octanol–water partition coefficient (Wildman–Crippen LogP) is 5.23. The number of ether oxygens (including phenoxy) is 1. The zero-order valence-corrected chi connectivity index (χ0v) is 19.7. The summed E-state index contributed by atoms with van der Waals surface area (Å²) >= 11 is 3.31. The van der Waals surface area contributed by atoms with Crippen LogP contribution in [-0.4, -0.2) is 26.6 Å². The summed E-state index contributed by atoms with van der Waals surface area (Å²) in [5, 5.41) is 5.36. The second-order valence-corrected chi connectivity index (χ2v) is 10.1. The van der Waals surface area contributed by atoms with Crippen molar-refractivity contribution >= 4 is 48.3 Å². The molecule has 0 saturated heterocycles. The largest absolute Gasteiger partial charge is 0.495 e. The molecule has 0 N–H and O–H groups in total. The first-order valence-corrected chi connectivity index (χ1v) is 11.9. The lowest BCUT2D eigenvalue weighted by Crippen LogP contribution is -2.34. The minimum Gasteiger partial charge on any atom is -0.495 e. The molecule has 0 fully saturated rings. The van der Waals surface area contributed by atoms with Crippen LogP contribution in [-0.2, 0) is 10.0 Å². The molecular weight excluding hydrogens is 496 g/mol. The van der Waals surface area contributed by atoms with Crippen LogP contribution in [0.1, 0.15) is 21.8 Å². The SMILES string of the molecule is COc1ccc(Br)cc1S(=O)(=O)N1C(=O)c2cccc3c(-c4c(C)noc4C)ccc1c23. The van der Waals surface area contributed by atoms with E-state index in [1.54, 1.807) is 36.4 Å². The summed E-state index contributed by atoms with van der Waals surface area (Å²) in [7, 11) is -2.86. The van der Waals surface area contributed by atoms with E-state index in [0.717, 1.165) is 26.5 Å². The van der Waals surface area contributed by atoms with Crippen LogP contribution in [0.25, 0.3) is 21.9 Å². The van der Waals surface area contributed by atoms with E-state index in [0.29, 0.717) is 26.9 Å². The highest BCUT2D eigenvalue weighted by atomic mass is 79.9. The van der Waals surface area contributed by atoms with Gasteiger partial charge in [-0.2, -0.15) is 4.31 Å². The van der Waals surface area contributed by atoms with Crippen molar-refractivity contribution in [1.82, 2.24) is 5.16 Å². The molecule has 1 aliphatic heterocycles. The second-order valence-electron chi connectivity index (χ2n) is 7.43. The number of aryl methyl sites for hydroxylation is 2. The van der Waals surface area contributed by atoms with Gasteiger partial charge in [-0.1, -0.05) is 39.3 Å². The van der Waals surface area contributed by atoms with Gasteiger partial charge in [-0.3, -0.25) is 4.79 Å². The number of aromatic nitrogens is 1. The van der Waals surface area contributed by atoms with Gasteiger partial charge < -0.3 is 9.26 Å². The molecule has 2 heterocycles. The third kappa shape index (κ3) is 2.81. The highest BCUT2D eigenvalue weighted by Crippen LogP contribution is 2.45. The average molecular weight is 513 g/mol. The minimum atomic E-state index is -4.25. The molecule has 32 heavy (non-hydrogen) atoms. The zero-order chi connectivity index (χ0) is 22.8. The molecule has 4 aromatic rings. The molecule has 5 rings (SSSR count). The molecule has 0 bridgehead atoms. The molecule has 3 aromatic carbocycles. The molecule has 0 unspecified atom stereocenters. The Labute approximate surface area is 192 Å². The number of methoxy groups -OCH3 is 1. The van der Waals surface area contributed by atoms with Crippen LogP contribution >= 0.6 is 15.9 Å². The van der Waals surface area contributed by atoms with Crippen LogP contribution in [0, 0.1) is 13.8 Å². The maximum atomic E-state index is 13.7. The Morgan fingerprint density at radius 3 is 2.53 bits per heavy atom. The summed E-state index contributed by atoms with van der Waals surface area (Å²) in [4.78, 5) is 13.3. The van der Waals surface area contributed by atoms with E-state index in [-0.39, 0.29) is 10.6 Å². The molecular formula is C23H17BrN2O5S. The highest BCUT2D eigenvalue weighted by Gasteiger charge is 2.41. The van der Waals surface area contributed by atoms with Gasteiger partial charge in [-0.15, -0.1) is 0 Å². The lowest BCUT2D eigenvalue weighted by molar-refractivity contribution is 0.101. The van der Waals surface area contributed by atoms with Gasteiger partial charge in [0.25, 0.3) is 15.9 Å². The molecule has 0 spiro atoms. The average Bonchev–Trinajstić information content (AvgIpc) is 3.26. The van der Waals surface area contributed by atoms with Crippen LogP contribution in [0.3, 0.4) is 0 Å². The van der Waals surface area contributed by atoms with Crippen LogP contribution in [0.2, 0.25) is 0 Å². The number of amides is 1. The third-order valence-corrected chi connectivity index (χ3v) is 7.81. The zero-order valence-electron chi connectivity index (χ0n) is 17.3. The van der Waals surface area contributed by atoms with Crippen molar-refractivity contribution in [3.05, 3.63) is 70.0 Å². The van der Waals surface area contributed by atoms with Crippen LogP contribution in [0.4, 0.5) is 5.69 Å². The van der Waals surface area contributed by atoms with Gasteiger partial charge in [0.2, 0.25) is 0 Å². The van der Waals surface area contributed by atoms with E-state index in [1.165, 1.54) is 13.2 Å². The predicted molar refractivity (Wildman–Crippen MR) is 124 cm³/mol. The molecule has 0 aliphatic carbocycles. The van der Waals surface area contributed by atoms with E-state index in [1.807, 2.05) is 19.9 Å². The van der Waals surface area contributed by atoms with Crippen molar-refractivity contribution in [3.63, 3.8) is 0 Å². The molecule has 9 heteroatoms. The van der Waals surface area contributed by atoms with E-state index < -0.39 is 15.9 Å². The van der Waals surface area contributed by atoms with Crippen molar-refractivity contribution in [3.8, 4) is 16.9 Å². The summed E-state index contributed by atoms with van der Waals surface area (Å²) in [5.41, 5.74) is 3.00. The second kappa shape index (κ2) is 7.18. The number of rotatable bonds is 4. The summed E-state index contributed by atoms with van der Waals surface area (Å²) < 4.78 is 39.4. The van der Waals surface area contributed by atoms with Crippen LogP contribution in [0.15, 0.2) is 62.4 Å². The van der Waals surface area contributed by atoms with Crippen molar-refractivity contribution in [2.75, 3.05) is 11.4 Å². The Hall–Kier alpha value is -3.17. The monoisotopic (exact) mass is 512 g/mol. The number of nitrogens with zero attached hydrogens (tertiary/aromatic N) is 2. The van der Waals surface area contributed by atoms with Gasteiger partial charge in [0.1, 0.15) is 16.4 Å². The number of sulfonamides is 1. The Balaban J connectivity index is 1.78. The number of benzene rings is 3. The Bertz CT molecular complexity index is 1520. The van der Waals surface area contributed by atoms with Gasteiger partial charge in [0.15, 0.2) is 0 Å². The number of hydrogen-bond acceptors (Lipinski definition) is 6. The third-order valence-electron chi connectivity index (χ3n) is 5.60. The summed E-state index contributed by atoms with van der Waals surface area (Å²) in [5.74, 6) is 0.194. The molecule has 1 aromatic heterocycles. The fourth-order valence-corrected chi connectivity index (χ4v) is 6.35. The molecule has 0 saturated carbocycles. The maximum Gasteiger partial charge on any atom is 0.274 e. The lowest BCUT2D eigenvalue weighted by Gasteiger charge is -2.20. The maximum absolute atomic E-state index is 13.7. The molecule has 1 amide bonds.